The first-order valence-corrected chi connectivity index (χ1v) is 6.94. The van der Waals surface area contributed by atoms with Gasteiger partial charge in [-0.15, -0.1) is 0 Å². The van der Waals surface area contributed by atoms with Crippen LogP contribution < -0.4 is 10.6 Å². The van der Waals surface area contributed by atoms with Crippen molar-refractivity contribution in [1.82, 2.24) is 14.9 Å². The largest absolute Gasteiger partial charge is 0.339 e. The van der Waals surface area contributed by atoms with Crippen molar-refractivity contribution >= 4 is 5.95 Å². The Balaban J connectivity index is 1.84. The average molecular weight is 267 g/mol. The van der Waals surface area contributed by atoms with Crippen molar-refractivity contribution in [3.05, 3.63) is 18.2 Å². The molecule has 1 saturated heterocycles. The topological polar surface area (TPSA) is 58.3 Å². The first-order valence-electron chi connectivity index (χ1n) is 6.94. The molecule has 6 heteroatoms. The Morgan fingerprint density at radius 1 is 1.11 bits per heavy atom. The van der Waals surface area contributed by atoms with E-state index in [1.54, 1.807) is 0 Å². The molecule has 0 atom stereocenters. The van der Waals surface area contributed by atoms with Crippen LogP contribution in [0, 0.1) is 5.82 Å². The molecule has 1 aromatic rings. The highest BCUT2D eigenvalue weighted by Gasteiger charge is 2.16. The second kappa shape index (κ2) is 7.35. The molecule has 0 amide bonds. The Kier molecular flexibility index (Phi) is 5.47. The molecule has 0 saturated carbocycles. The summed E-state index contributed by atoms with van der Waals surface area (Å²) >= 11 is 0. The number of rotatable bonds is 5. The monoisotopic (exact) mass is 267 g/mol. The Labute approximate surface area is 113 Å². The number of hydrogen-bond donors (Lipinski definition) is 1. The van der Waals surface area contributed by atoms with Crippen LogP contribution in [0.3, 0.4) is 0 Å². The van der Waals surface area contributed by atoms with Gasteiger partial charge in [0.15, 0.2) is 5.82 Å². The van der Waals surface area contributed by atoms with E-state index in [9.17, 15) is 4.39 Å². The van der Waals surface area contributed by atoms with Crippen LogP contribution in [0.15, 0.2) is 12.4 Å². The Bertz CT molecular complexity index is 370. The molecule has 106 valence electrons. The molecule has 0 unspecified atom stereocenters. The van der Waals surface area contributed by atoms with Crippen molar-refractivity contribution < 1.29 is 4.39 Å². The molecule has 1 aromatic heterocycles. The van der Waals surface area contributed by atoms with Crippen molar-refractivity contribution in [2.24, 2.45) is 5.73 Å². The fraction of sp³-hybridized carbons (Fsp3) is 0.692. The zero-order valence-corrected chi connectivity index (χ0v) is 11.3. The third kappa shape index (κ3) is 4.40. The fourth-order valence-corrected chi connectivity index (χ4v) is 2.34. The molecule has 2 rings (SSSR count). The van der Waals surface area contributed by atoms with Crippen molar-refractivity contribution in [3.8, 4) is 0 Å². The van der Waals surface area contributed by atoms with Crippen LogP contribution in [0.5, 0.6) is 0 Å². The Morgan fingerprint density at radius 3 is 2.63 bits per heavy atom. The minimum atomic E-state index is -0.387. The number of nitrogens with two attached hydrogens (primary N) is 1. The van der Waals surface area contributed by atoms with Crippen LogP contribution in [0.2, 0.25) is 0 Å². The Morgan fingerprint density at radius 2 is 1.89 bits per heavy atom. The predicted molar refractivity (Wildman–Crippen MR) is 73.5 cm³/mol. The summed E-state index contributed by atoms with van der Waals surface area (Å²) in [5.74, 6) is 0.243. The minimum Gasteiger partial charge on any atom is -0.339 e. The van der Waals surface area contributed by atoms with Crippen molar-refractivity contribution in [3.63, 3.8) is 0 Å². The van der Waals surface area contributed by atoms with Crippen LogP contribution in [-0.2, 0) is 0 Å². The van der Waals surface area contributed by atoms with Gasteiger partial charge in [-0.05, 0) is 38.9 Å². The summed E-state index contributed by atoms with van der Waals surface area (Å²) in [4.78, 5) is 12.7. The molecule has 0 radical (unpaired) electrons. The second-order valence-corrected chi connectivity index (χ2v) is 4.88. The molecule has 5 nitrogen and oxygen atoms in total. The van der Waals surface area contributed by atoms with Crippen LogP contribution in [-0.4, -0.2) is 54.1 Å². The van der Waals surface area contributed by atoms with E-state index in [-0.39, 0.29) is 5.82 Å². The van der Waals surface area contributed by atoms with Crippen LogP contribution in [0.4, 0.5) is 10.3 Å². The van der Waals surface area contributed by atoms with Crippen LogP contribution >= 0.6 is 0 Å². The summed E-state index contributed by atoms with van der Waals surface area (Å²) in [7, 11) is 0. The lowest BCUT2D eigenvalue weighted by molar-refractivity contribution is 0.287. The second-order valence-electron chi connectivity index (χ2n) is 4.88. The molecule has 1 fully saturated rings. The normalized spacial score (nSPS) is 17.5. The summed E-state index contributed by atoms with van der Waals surface area (Å²) in [6.07, 6.45) is 5.78. The van der Waals surface area contributed by atoms with Gasteiger partial charge in [-0.25, -0.2) is 14.4 Å². The molecule has 2 N–H and O–H groups in total. The summed E-state index contributed by atoms with van der Waals surface area (Å²) in [5.41, 5.74) is 5.51. The van der Waals surface area contributed by atoms with E-state index in [1.807, 2.05) is 0 Å². The predicted octanol–water partition coefficient (Wildman–Crippen LogP) is 0.867. The van der Waals surface area contributed by atoms with Gasteiger partial charge >= 0.3 is 0 Å². The van der Waals surface area contributed by atoms with Crippen molar-refractivity contribution in [2.45, 2.75) is 19.3 Å². The van der Waals surface area contributed by atoms with E-state index in [2.05, 4.69) is 19.8 Å². The molecule has 0 aromatic carbocycles. The van der Waals surface area contributed by atoms with Gasteiger partial charge in [0.1, 0.15) is 0 Å². The van der Waals surface area contributed by atoms with Gasteiger partial charge in [-0.1, -0.05) is 0 Å². The van der Waals surface area contributed by atoms with Gasteiger partial charge in [0, 0.05) is 19.6 Å². The summed E-state index contributed by atoms with van der Waals surface area (Å²) < 4.78 is 12.8. The molecule has 0 spiro atoms. The smallest absolute Gasteiger partial charge is 0.225 e. The molecular formula is C13H22FN5. The molecule has 0 aliphatic carbocycles. The summed E-state index contributed by atoms with van der Waals surface area (Å²) in [6.45, 7) is 5.81. The number of nitrogens with zero attached hydrogens (tertiary/aromatic N) is 4. The number of unbranched alkanes of at least 4 members (excludes halogenated alkanes) is 1. The zero-order valence-electron chi connectivity index (χ0n) is 11.3. The van der Waals surface area contributed by atoms with Gasteiger partial charge in [0.2, 0.25) is 5.95 Å². The number of hydrogen-bond acceptors (Lipinski definition) is 5. The standard InChI is InChI=1S/C13H22FN5/c14-12-10-16-13(17-11-12)19-7-3-6-18(8-9-19)5-2-1-4-15/h10-11H,1-9,15H2. The number of halogens is 1. The first-order chi connectivity index (χ1) is 9.29. The van der Waals surface area contributed by atoms with Gasteiger partial charge in [-0.3, -0.25) is 0 Å². The third-order valence-electron chi connectivity index (χ3n) is 3.41. The zero-order chi connectivity index (χ0) is 13.5. The summed E-state index contributed by atoms with van der Waals surface area (Å²) in [6, 6.07) is 0. The summed E-state index contributed by atoms with van der Waals surface area (Å²) in [5, 5.41) is 0. The molecule has 0 bridgehead atoms. The first kappa shape index (κ1) is 14.1. The SMILES string of the molecule is NCCCCN1CCCN(c2ncc(F)cn2)CC1. The van der Waals surface area contributed by atoms with Gasteiger partial charge in [-0.2, -0.15) is 0 Å². The lowest BCUT2D eigenvalue weighted by Gasteiger charge is -2.21. The van der Waals surface area contributed by atoms with Gasteiger partial charge in [0.25, 0.3) is 0 Å². The lowest BCUT2D eigenvalue weighted by atomic mass is 10.3. The highest BCUT2D eigenvalue weighted by atomic mass is 19.1. The molecule has 19 heavy (non-hydrogen) atoms. The molecule has 2 heterocycles. The lowest BCUT2D eigenvalue weighted by Crippen LogP contribution is -2.32. The van der Waals surface area contributed by atoms with E-state index in [1.165, 1.54) is 12.4 Å². The van der Waals surface area contributed by atoms with Gasteiger partial charge in [0.05, 0.1) is 12.4 Å². The van der Waals surface area contributed by atoms with E-state index in [4.69, 9.17) is 5.73 Å². The van der Waals surface area contributed by atoms with Crippen LogP contribution in [0.1, 0.15) is 19.3 Å². The molecule has 1 aliphatic rings. The minimum absolute atomic E-state index is 0.387. The maximum atomic E-state index is 12.8. The fourth-order valence-electron chi connectivity index (χ4n) is 2.34. The Hall–Kier alpha value is -1.27. The maximum Gasteiger partial charge on any atom is 0.225 e. The maximum absolute atomic E-state index is 12.8. The van der Waals surface area contributed by atoms with E-state index in [0.29, 0.717) is 5.95 Å². The van der Waals surface area contributed by atoms with Crippen LogP contribution in [0.25, 0.3) is 0 Å². The van der Waals surface area contributed by atoms with E-state index < -0.39 is 0 Å². The van der Waals surface area contributed by atoms with E-state index >= 15 is 0 Å². The highest BCUT2D eigenvalue weighted by Crippen LogP contribution is 2.11. The third-order valence-corrected chi connectivity index (χ3v) is 3.41. The van der Waals surface area contributed by atoms with Gasteiger partial charge < -0.3 is 15.5 Å². The number of anilines is 1. The number of aromatic nitrogens is 2. The van der Waals surface area contributed by atoms with E-state index in [0.717, 1.165) is 58.5 Å². The quantitative estimate of drug-likeness (QED) is 0.802. The van der Waals surface area contributed by atoms with Crippen molar-refractivity contribution in [1.29, 1.82) is 0 Å². The molecular weight excluding hydrogens is 245 g/mol. The highest BCUT2D eigenvalue weighted by molar-refractivity contribution is 5.28. The average Bonchev–Trinajstić information content (AvgIpc) is 2.66. The molecule has 1 aliphatic heterocycles. The van der Waals surface area contributed by atoms with Crippen molar-refractivity contribution in [2.75, 3.05) is 44.2 Å².